The Morgan fingerprint density at radius 1 is 0.480 bits per heavy atom. The number of phenolic OH excluding ortho intramolecular Hbond substituents is 1. The van der Waals surface area contributed by atoms with Gasteiger partial charge in [-0.1, -0.05) is 100 Å². The van der Waals surface area contributed by atoms with E-state index in [0.717, 1.165) is 71.9 Å². The fraction of sp³-hybridized carbons (Fsp3) is 0.0250. The highest BCUT2D eigenvalue weighted by Crippen LogP contribution is 2.44. The van der Waals surface area contributed by atoms with Crippen LogP contribution in [0.25, 0.3) is 71.6 Å². The lowest BCUT2D eigenvalue weighted by molar-refractivity contribution is 0.486. The van der Waals surface area contributed by atoms with Crippen LogP contribution in [0.3, 0.4) is 0 Å². The minimum absolute atomic E-state index is 0.330. The molecule has 7 aromatic carbocycles. The lowest BCUT2D eigenvalue weighted by atomic mass is 9.62. The summed E-state index contributed by atoms with van der Waals surface area (Å²) in [6, 6.07) is 36.7. The van der Waals surface area contributed by atoms with Gasteiger partial charge in [-0.25, -0.2) is 4.98 Å². The van der Waals surface area contributed by atoms with Crippen molar-refractivity contribution >= 4 is 126 Å². The molecule has 0 radical (unpaired) electrons. The number of para-hydroxylation sites is 2. The molecule has 232 valence electrons. The number of rotatable bonds is 4. The summed E-state index contributed by atoms with van der Waals surface area (Å²) in [7, 11) is 15.4. The minimum atomic E-state index is 0.330. The maximum absolute atomic E-state index is 12.5. The maximum atomic E-state index is 12.5. The summed E-state index contributed by atoms with van der Waals surface area (Å²) in [5, 5.41) is 16.8. The van der Waals surface area contributed by atoms with Gasteiger partial charge < -0.3 is 5.11 Å². The van der Waals surface area contributed by atoms with Crippen molar-refractivity contribution in [3.05, 3.63) is 109 Å². The Morgan fingerprint density at radius 3 is 1.52 bits per heavy atom. The van der Waals surface area contributed by atoms with E-state index in [1.54, 1.807) is 0 Å². The lowest BCUT2D eigenvalue weighted by Gasteiger charge is -2.28. The molecule has 8 rings (SSSR count). The van der Waals surface area contributed by atoms with Gasteiger partial charge in [-0.2, -0.15) is 0 Å². The zero-order valence-electron chi connectivity index (χ0n) is 30.2. The highest BCUT2D eigenvalue weighted by molar-refractivity contribution is 6.69. The first-order valence-electron chi connectivity index (χ1n) is 17.5. The molecular weight excluding hydrogens is 600 g/mol. The number of imidazole rings is 1. The number of fused-ring (bicyclic) bond motifs is 3. The zero-order chi connectivity index (χ0) is 35.0. The molecule has 0 fully saturated rings. The van der Waals surface area contributed by atoms with Crippen LogP contribution in [0.1, 0.15) is 5.82 Å². The molecular formula is C40H35B7N2O. The van der Waals surface area contributed by atoms with Gasteiger partial charge in [-0.3, -0.25) is 4.57 Å². The van der Waals surface area contributed by atoms with Gasteiger partial charge in [0.1, 0.15) is 66.5 Å². The number of aromatic nitrogens is 2. The van der Waals surface area contributed by atoms with E-state index >= 15 is 0 Å². The van der Waals surface area contributed by atoms with Gasteiger partial charge in [-0.15, -0.1) is 10.9 Å². The average molecular weight is 635 g/mol. The zero-order valence-corrected chi connectivity index (χ0v) is 30.2. The van der Waals surface area contributed by atoms with Crippen LogP contribution >= 0.6 is 0 Å². The van der Waals surface area contributed by atoms with Crippen LogP contribution < -0.4 is 38.2 Å². The highest BCUT2D eigenvalue weighted by Gasteiger charge is 2.28. The molecule has 0 aliphatic rings. The van der Waals surface area contributed by atoms with Crippen LogP contribution in [-0.4, -0.2) is 69.6 Å². The first-order chi connectivity index (χ1) is 24.1. The number of nitrogens with zero attached hydrogens (tertiary/aromatic N) is 2. The summed E-state index contributed by atoms with van der Waals surface area (Å²) in [6.07, 6.45) is 0. The number of aromatic hydroxyl groups is 1. The van der Waals surface area contributed by atoms with E-state index in [-0.39, 0.29) is 0 Å². The van der Waals surface area contributed by atoms with E-state index in [0.29, 0.717) is 5.75 Å². The lowest BCUT2D eigenvalue weighted by Crippen LogP contribution is -2.48. The Hall–Kier alpha value is -5.22. The van der Waals surface area contributed by atoms with Crippen molar-refractivity contribution in [3.63, 3.8) is 0 Å². The summed E-state index contributed by atoms with van der Waals surface area (Å²) in [5.41, 5.74) is 18.2. The third kappa shape index (κ3) is 4.72. The van der Waals surface area contributed by atoms with Crippen molar-refractivity contribution in [1.29, 1.82) is 0 Å². The van der Waals surface area contributed by atoms with Gasteiger partial charge in [0.15, 0.2) is 0 Å². The van der Waals surface area contributed by atoms with E-state index in [2.05, 4.69) is 156 Å². The Labute approximate surface area is 300 Å². The van der Waals surface area contributed by atoms with Crippen molar-refractivity contribution in [2.45, 2.75) is 6.92 Å². The molecule has 0 aliphatic carbocycles. The molecule has 1 heterocycles. The standard InChI is InChI=1S/C40H35B7N2O/c1-19-48-25-14-8-9-15-26(25)49(19)39-30-28(32(41)35(44)36(45)34(30)43)27(29-31(39)40(50)38(47)37(46)33(29)42)24-17-22(20-10-4-2-5-11-20)16-23(18-24)21-12-6-3-7-13-21/h2-18,50H,41-47H2,1H3. The summed E-state index contributed by atoms with van der Waals surface area (Å²) in [4.78, 5) is 5.04. The first-order valence-corrected chi connectivity index (χ1v) is 17.5. The molecule has 0 saturated carbocycles. The second-order valence-electron chi connectivity index (χ2n) is 14.0. The van der Waals surface area contributed by atoms with E-state index in [1.807, 2.05) is 13.9 Å². The SMILES string of the molecule is Bc1c(B)c(B)c2c(-n3c(C)nc4ccccc43)c3c(O)c(B)c(B)c(B)c3c(-c3cc(-c4ccccc4)cc(-c4ccccc4)c3)c2c1B. The predicted molar refractivity (Wildman–Crippen MR) is 236 cm³/mol. The van der Waals surface area contributed by atoms with Crippen LogP contribution in [0.2, 0.25) is 0 Å². The van der Waals surface area contributed by atoms with Crippen LogP contribution in [0.5, 0.6) is 5.75 Å². The molecule has 0 aliphatic heterocycles. The monoisotopic (exact) mass is 636 g/mol. The first kappa shape index (κ1) is 32.0. The van der Waals surface area contributed by atoms with Crippen molar-refractivity contribution < 1.29 is 5.11 Å². The van der Waals surface area contributed by atoms with E-state index in [9.17, 15) is 5.11 Å². The fourth-order valence-electron chi connectivity index (χ4n) is 8.16. The van der Waals surface area contributed by atoms with Crippen LogP contribution in [0.4, 0.5) is 0 Å². The molecule has 1 N–H and O–H groups in total. The molecule has 1 aromatic heterocycles. The van der Waals surface area contributed by atoms with Crippen LogP contribution in [-0.2, 0) is 0 Å². The molecule has 8 aromatic rings. The third-order valence-corrected chi connectivity index (χ3v) is 11.4. The van der Waals surface area contributed by atoms with E-state index in [1.165, 1.54) is 43.8 Å². The van der Waals surface area contributed by atoms with Crippen molar-refractivity contribution in [2.24, 2.45) is 0 Å². The molecule has 0 unspecified atom stereocenters. The normalized spacial score (nSPS) is 11.5. The van der Waals surface area contributed by atoms with Crippen molar-refractivity contribution in [1.82, 2.24) is 9.55 Å². The molecule has 3 nitrogen and oxygen atoms in total. The Kier molecular flexibility index (Phi) is 7.67. The van der Waals surface area contributed by atoms with Crippen LogP contribution in [0, 0.1) is 6.92 Å². The number of hydrogen-bond acceptors (Lipinski definition) is 2. The number of benzene rings is 7. The van der Waals surface area contributed by atoms with E-state index < -0.39 is 0 Å². The second-order valence-corrected chi connectivity index (χ2v) is 14.0. The largest absolute Gasteiger partial charge is 0.508 e. The topological polar surface area (TPSA) is 38.0 Å². The number of aryl methyl sites for hydroxylation is 1. The molecule has 50 heavy (non-hydrogen) atoms. The van der Waals surface area contributed by atoms with Gasteiger partial charge in [0.05, 0.1) is 16.7 Å². The molecule has 0 atom stereocenters. The smallest absolute Gasteiger partial charge is 0.143 e. The molecule has 0 amide bonds. The van der Waals surface area contributed by atoms with Crippen molar-refractivity contribution in [2.75, 3.05) is 0 Å². The molecule has 10 heteroatoms. The van der Waals surface area contributed by atoms with Crippen LogP contribution in [0.15, 0.2) is 103 Å². The molecule has 0 bridgehead atoms. The van der Waals surface area contributed by atoms with E-state index in [4.69, 9.17) is 4.98 Å². The van der Waals surface area contributed by atoms with Crippen molar-refractivity contribution in [3.8, 4) is 44.8 Å². The van der Waals surface area contributed by atoms with Gasteiger partial charge in [0.2, 0.25) is 0 Å². The molecule has 0 saturated heterocycles. The maximum Gasteiger partial charge on any atom is 0.143 e. The predicted octanol–water partition coefficient (Wildman–Crippen LogP) is -1.84. The number of phenols is 1. The summed E-state index contributed by atoms with van der Waals surface area (Å²) >= 11 is 0. The Bertz CT molecular complexity index is 2550. The second kappa shape index (κ2) is 12.0. The average Bonchev–Trinajstić information content (AvgIpc) is 3.48. The Morgan fingerprint density at radius 2 is 0.940 bits per heavy atom. The quantitative estimate of drug-likeness (QED) is 0.183. The number of hydrogen-bond donors (Lipinski definition) is 1. The van der Waals surface area contributed by atoms with Gasteiger partial charge in [0.25, 0.3) is 0 Å². The summed E-state index contributed by atoms with van der Waals surface area (Å²) in [5.74, 6) is 1.22. The van der Waals surface area contributed by atoms with Gasteiger partial charge in [-0.05, 0) is 86.8 Å². The van der Waals surface area contributed by atoms with Gasteiger partial charge in [0, 0.05) is 5.39 Å². The minimum Gasteiger partial charge on any atom is -0.508 e. The summed E-state index contributed by atoms with van der Waals surface area (Å²) < 4.78 is 2.29. The van der Waals surface area contributed by atoms with Gasteiger partial charge >= 0.3 is 0 Å². The third-order valence-electron chi connectivity index (χ3n) is 11.4. The highest BCUT2D eigenvalue weighted by atomic mass is 16.3. The Balaban J connectivity index is 1.67. The fourth-order valence-corrected chi connectivity index (χ4v) is 8.16. The summed E-state index contributed by atoms with van der Waals surface area (Å²) in [6.45, 7) is 2.08. The molecule has 0 spiro atoms.